The van der Waals surface area contributed by atoms with Crippen LogP contribution >= 0.6 is 23.2 Å². The van der Waals surface area contributed by atoms with Gasteiger partial charge in [-0.2, -0.15) is 4.98 Å². The average molecular weight is 326 g/mol. The van der Waals surface area contributed by atoms with Crippen molar-refractivity contribution in [2.75, 3.05) is 0 Å². The van der Waals surface area contributed by atoms with Crippen molar-refractivity contribution in [1.82, 2.24) is 15.2 Å². The molecule has 0 radical (unpaired) electrons. The number of hydrogen-bond acceptors (Lipinski definition) is 4. The number of hydrogen-bond donors (Lipinski definition) is 0. The molecule has 0 unspecified atom stereocenters. The van der Waals surface area contributed by atoms with Gasteiger partial charge in [0.1, 0.15) is 5.75 Å². The van der Waals surface area contributed by atoms with E-state index in [9.17, 15) is 0 Å². The zero-order chi connectivity index (χ0) is 15.6. The van der Waals surface area contributed by atoms with Crippen molar-refractivity contribution in [2.24, 2.45) is 0 Å². The van der Waals surface area contributed by atoms with Gasteiger partial charge in [0.25, 0.3) is 5.88 Å². The summed E-state index contributed by atoms with van der Waals surface area (Å²) < 4.78 is 5.82. The molecule has 0 aliphatic heterocycles. The standard InChI is InChI=1S/C15H17Cl2N3O/c1-5-9-6-7-11(10(8-9)15(2,3)4)21-13-12(16)19-20-14(17)18-13/h6-8H,5H2,1-4H3. The molecule has 0 spiro atoms. The van der Waals surface area contributed by atoms with Crippen LogP contribution < -0.4 is 4.74 Å². The third-order valence-corrected chi connectivity index (χ3v) is 3.45. The predicted octanol–water partition coefficient (Wildman–Crippen LogP) is 4.83. The molecule has 112 valence electrons. The molecule has 0 N–H and O–H groups in total. The number of nitrogens with zero attached hydrogens (tertiary/aromatic N) is 3. The highest BCUT2D eigenvalue weighted by Crippen LogP contribution is 2.36. The molecule has 0 saturated heterocycles. The predicted molar refractivity (Wildman–Crippen MR) is 84.4 cm³/mol. The molecule has 4 nitrogen and oxygen atoms in total. The lowest BCUT2D eigenvalue weighted by Crippen LogP contribution is -2.13. The minimum Gasteiger partial charge on any atom is -0.436 e. The Morgan fingerprint density at radius 3 is 2.48 bits per heavy atom. The van der Waals surface area contributed by atoms with Crippen molar-refractivity contribution >= 4 is 23.2 Å². The van der Waals surface area contributed by atoms with Crippen LogP contribution in [0.25, 0.3) is 0 Å². The molecule has 0 fully saturated rings. The van der Waals surface area contributed by atoms with Gasteiger partial charge in [-0.05, 0) is 35.1 Å². The fraction of sp³-hybridized carbons (Fsp3) is 0.400. The van der Waals surface area contributed by atoms with E-state index in [2.05, 4.69) is 48.9 Å². The molecular formula is C15H17Cl2N3O. The largest absolute Gasteiger partial charge is 0.436 e. The summed E-state index contributed by atoms with van der Waals surface area (Å²) in [4.78, 5) is 3.97. The van der Waals surface area contributed by atoms with Crippen LogP contribution in [0.3, 0.4) is 0 Å². The first-order valence-corrected chi connectivity index (χ1v) is 7.44. The highest BCUT2D eigenvalue weighted by molar-refractivity contribution is 6.31. The van der Waals surface area contributed by atoms with Crippen LogP contribution in [-0.4, -0.2) is 15.2 Å². The van der Waals surface area contributed by atoms with Gasteiger partial charge >= 0.3 is 0 Å². The van der Waals surface area contributed by atoms with Crippen molar-refractivity contribution in [1.29, 1.82) is 0 Å². The third-order valence-electron chi connectivity index (χ3n) is 3.06. The molecule has 0 amide bonds. The Labute approximate surface area is 134 Å². The highest BCUT2D eigenvalue weighted by Gasteiger charge is 2.21. The van der Waals surface area contributed by atoms with E-state index in [4.69, 9.17) is 27.9 Å². The first-order chi connectivity index (χ1) is 9.81. The third kappa shape index (κ3) is 3.83. The van der Waals surface area contributed by atoms with Crippen LogP contribution in [0.5, 0.6) is 11.6 Å². The van der Waals surface area contributed by atoms with Crippen LogP contribution in [0.1, 0.15) is 38.8 Å². The van der Waals surface area contributed by atoms with Crippen LogP contribution in [0.2, 0.25) is 10.4 Å². The van der Waals surface area contributed by atoms with E-state index in [1.54, 1.807) is 0 Å². The SMILES string of the molecule is CCc1ccc(Oc2nc(Cl)nnc2Cl)c(C(C)(C)C)c1. The van der Waals surface area contributed by atoms with Gasteiger partial charge in [0.15, 0.2) is 0 Å². The second-order valence-corrected chi connectivity index (χ2v) is 6.41. The summed E-state index contributed by atoms with van der Waals surface area (Å²) in [6, 6.07) is 6.08. The van der Waals surface area contributed by atoms with Crippen molar-refractivity contribution in [2.45, 2.75) is 39.5 Å². The van der Waals surface area contributed by atoms with Crippen molar-refractivity contribution in [3.05, 3.63) is 39.8 Å². The normalized spacial score (nSPS) is 11.5. The van der Waals surface area contributed by atoms with E-state index in [0.29, 0.717) is 5.75 Å². The molecule has 1 aromatic carbocycles. The number of aromatic nitrogens is 3. The smallest absolute Gasteiger partial charge is 0.262 e. The zero-order valence-electron chi connectivity index (χ0n) is 12.4. The van der Waals surface area contributed by atoms with Gasteiger partial charge in [0.2, 0.25) is 10.4 Å². The number of rotatable bonds is 3. The Morgan fingerprint density at radius 1 is 1.14 bits per heavy atom. The Hall–Kier alpha value is -1.39. The summed E-state index contributed by atoms with van der Waals surface area (Å²) in [5, 5.41) is 7.35. The summed E-state index contributed by atoms with van der Waals surface area (Å²) in [5.41, 5.74) is 2.25. The van der Waals surface area contributed by atoms with Crippen molar-refractivity contribution in [3.63, 3.8) is 0 Å². The van der Waals surface area contributed by atoms with Gasteiger partial charge < -0.3 is 4.74 Å². The Morgan fingerprint density at radius 2 is 1.86 bits per heavy atom. The monoisotopic (exact) mass is 325 g/mol. The van der Waals surface area contributed by atoms with Gasteiger partial charge in [0, 0.05) is 5.56 Å². The maximum Gasteiger partial charge on any atom is 0.262 e. The van der Waals surface area contributed by atoms with Crippen LogP contribution in [0.4, 0.5) is 0 Å². The lowest BCUT2D eigenvalue weighted by atomic mass is 9.85. The number of halogens is 2. The van der Waals surface area contributed by atoms with Crippen molar-refractivity contribution in [3.8, 4) is 11.6 Å². The molecule has 2 aromatic rings. The van der Waals surface area contributed by atoms with E-state index >= 15 is 0 Å². The first kappa shape index (κ1) is 16.0. The van der Waals surface area contributed by atoms with Gasteiger partial charge in [-0.1, -0.05) is 51.4 Å². The van der Waals surface area contributed by atoms with Gasteiger partial charge in [-0.25, -0.2) is 0 Å². The molecule has 1 heterocycles. The van der Waals surface area contributed by atoms with Crippen LogP contribution in [0, 0.1) is 0 Å². The Kier molecular flexibility index (Phi) is 4.69. The molecule has 0 aliphatic carbocycles. The Balaban J connectivity index is 2.46. The fourth-order valence-electron chi connectivity index (χ4n) is 1.92. The summed E-state index contributed by atoms with van der Waals surface area (Å²) in [6.45, 7) is 8.50. The van der Waals surface area contributed by atoms with E-state index in [-0.39, 0.29) is 21.7 Å². The van der Waals surface area contributed by atoms with Gasteiger partial charge in [-0.15, -0.1) is 10.2 Å². The molecule has 0 atom stereocenters. The van der Waals surface area contributed by atoms with E-state index in [1.165, 1.54) is 5.56 Å². The second kappa shape index (κ2) is 6.16. The van der Waals surface area contributed by atoms with E-state index in [0.717, 1.165) is 12.0 Å². The molecule has 21 heavy (non-hydrogen) atoms. The second-order valence-electron chi connectivity index (χ2n) is 5.71. The summed E-state index contributed by atoms with van der Waals surface area (Å²) in [7, 11) is 0. The van der Waals surface area contributed by atoms with Crippen LogP contribution in [0.15, 0.2) is 18.2 Å². The van der Waals surface area contributed by atoms with Crippen LogP contribution in [-0.2, 0) is 11.8 Å². The maximum atomic E-state index is 5.95. The topological polar surface area (TPSA) is 47.9 Å². The summed E-state index contributed by atoms with van der Waals surface area (Å²) >= 11 is 11.7. The lowest BCUT2D eigenvalue weighted by molar-refractivity contribution is 0.435. The molecule has 0 saturated carbocycles. The molecule has 0 bridgehead atoms. The fourth-order valence-corrected chi connectivity index (χ4v) is 2.15. The van der Waals surface area contributed by atoms with Gasteiger partial charge in [-0.3, -0.25) is 0 Å². The van der Waals surface area contributed by atoms with Gasteiger partial charge in [0.05, 0.1) is 0 Å². The number of benzene rings is 1. The molecule has 1 aromatic heterocycles. The maximum absolute atomic E-state index is 5.95. The minimum atomic E-state index is -0.0722. The molecule has 2 rings (SSSR count). The first-order valence-electron chi connectivity index (χ1n) is 6.68. The summed E-state index contributed by atoms with van der Waals surface area (Å²) in [6.07, 6.45) is 0.963. The number of ether oxygens (including phenoxy) is 1. The van der Waals surface area contributed by atoms with E-state index < -0.39 is 0 Å². The molecular weight excluding hydrogens is 309 g/mol. The Bertz CT molecular complexity index is 654. The minimum absolute atomic E-state index is 0.00288. The van der Waals surface area contributed by atoms with E-state index in [1.807, 2.05) is 12.1 Å². The summed E-state index contributed by atoms with van der Waals surface area (Å²) in [5.74, 6) is 0.851. The lowest BCUT2D eigenvalue weighted by Gasteiger charge is -2.23. The van der Waals surface area contributed by atoms with Crippen molar-refractivity contribution < 1.29 is 4.74 Å². The zero-order valence-corrected chi connectivity index (χ0v) is 14.0. The quantitative estimate of drug-likeness (QED) is 0.810. The molecule has 6 heteroatoms. The number of aryl methyl sites for hydroxylation is 1. The highest BCUT2D eigenvalue weighted by atomic mass is 35.5. The average Bonchev–Trinajstić information content (AvgIpc) is 2.42. The molecule has 0 aliphatic rings.